The van der Waals surface area contributed by atoms with Gasteiger partial charge in [0, 0.05) is 17.9 Å². The van der Waals surface area contributed by atoms with E-state index in [0.29, 0.717) is 17.5 Å². The second-order valence-electron chi connectivity index (χ2n) is 6.28. The van der Waals surface area contributed by atoms with Crippen molar-refractivity contribution in [1.29, 1.82) is 0 Å². The van der Waals surface area contributed by atoms with E-state index in [9.17, 15) is 4.79 Å². The molecule has 1 heterocycles. The number of aromatic nitrogens is 2. The Labute approximate surface area is 159 Å². The van der Waals surface area contributed by atoms with Crippen LogP contribution in [0.3, 0.4) is 0 Å². The predicted molar refractivity (Wildman–Crippen MR) is 105 cm³/mol. The van der Waals surface area contributed by atoms with Crippen molar-refractivity contribution < 1.29 is 9.53 Å². The first-order valence-electron chi connectivity index (χ1n) is 8.41. The van der Waals surface area contributed by atoms with E-state index in [1.54, 1.807) is 7.11 Å². The summed E-state index contributed by atoms with van der Waals surface area (Å²) in [5.41, 5.74) is 2.95. The van der Waals surface area contributed by atoms with Crippen molar-refractivity contribution in [2.45, 2.75) is 25.0 Å². The lowest BCUT2D eigenvalue weighted by molar-refractivity contribution is -0.118. The molecule has 2 aromatic rings. The van der Waals surface area contributed by atoms with Crippen LogP contribution in [-0.4, -0.2) is 54.3 Å². The smallest absolute Gasteiger partial charge is 0.230 e. The molecule has 2 rings (SSSR count). The van der Waals surface area contributed by atoms with Crippen molar-refractivity contribution in [1.82, 2.24) is 20.2 Å². The van der Waals surface area contributed by atoms with Crippen molar-refractivity contribution in [3.8, 4) is 5.75 Å². The molecule has 140 valence electrons. The summed E-state index contributed by atoms with van der Waals surface area (Å²) in [6.45, 7) is 4.39. The second-order valence-corrected chi connectivity index (χ2v) is 7.22. The fourth-order valence-corrected chi connectivity index (χ4v) is 3.35. The van der Waals surface area contributed by atoms with Crippen molar-refractivity contribution >= 4 is 17.7 Å². The molecule has 0 aliphatic carbocycles. The van der Waals surface area contributed by atoms with E-state index >= 15 is 0 Å². The zero-order valence-corrected chi connectivity index (χ0v) is 16.8. The van der Waals surface area contributed by atoms with Crippen LogP contribution in [0.25, 0.3) is 0 Å². The minimum Gasteiger partial charge on any atom is -0.497 e. The first kappa shape index (κ1) is 20.2. The number of hydrogen-bond acceptors (Lipinski definition) is 6. The average molecular weight is 375 g/mol. The molecule has 0 aliphatic rings. The van der Waals surface area contributed by atoms with Crippen LogP contribution in [0.4, 0.5) is 0 Å². The Kier molecular flexibility index (Phi) is 7.41. The first-order chi connectivity index (χ1) is 12.4. The van der Waals surface area contributed by atoms with Crippen molar-refractivity contribution in [3.63, 3.8) is 0 Å². The maximum Gasteiger partial charge on any atom is 0.230 e. The Morgan fingerprint density at radius 2 is 1.81 bits per heavy atom. The minimum absolute atomic E-state index is 0.0295. The number of benzene rings is 1. The minimum atomic E-state index is -0.0295. The highest BCUT2D eigenvalue weighted by atomic mass is 32.2. The number of aryl methyl sites for hydroxylation is 2. The van der Waals surface area contributed by atoms with Gasteiger partial charge in [-0.05, 0) is 51.7 Å². The van der Waals surface area contributed by atoms with E-state index in [-0.39, 0.29) is 11.9 Å². The molecule has 0 bridgehead atoms. The molecule has 1 amide bonds. The van der Waals surface area contributed by atoms with Gasteiger partial charge in [-0.3, -0.25) is 4.79 Å². The summed E-state index contributed by atoms with van der Waals surface area (Å²) in [6, 6.07) is 9.91. The van der Waals surface area contributed by atoms with Crippen molar-refractivity contribution in [3.05, 3.63) is 47.3 Å². The number of nitrogens with one attached hydrogen (secondary N) is 1. The van der Waals surface area contributed by atoms with Gasteiger partial charge in [0.2, 0.25) is 5.91 Å². The van der Waals surface area contributed by atoms with Gasteiger partial charge >= 0.3 is 0 Å². The molecular formula is C19H26N4O2S. The largest absolute Gasteiger partial charge is 0.497 e. The van der Waals surface area contributed by atoms with Crippen LogP contribution in [-0.2, 0) is 4.79 Å². The summed E-state index contributed by atoms with van der Waals surface area (Å²) < 4.78 is 5.20. The second kappa shape index (κ2) is 9.54. The van der Waals surface area contributed by atoms with E-state index in [1.165, 1.54) is 11.8 Å². The summed E-state index contributed by atoms with van der Waals surface area (Å²) in [7, 11) is 5.65. The van der Waals surface area contributed by atoms with Crippen LogP contribution in [0.5, 0.6) is 5.75 Å². The molecule has 0 saturated carbocycles. The summed E-state index contributed by atoms with van der Waals surface area (Å²) >= 11 is 1.35. The predicted octanol–water partition coefficient (Wildman–Crippen LogP) is 2.61. The van der Waals surface area contributed by atoms with Gasteiger partial charge in [-0.1, -0.05) is 23.9 Å². The molecule has 1 aromatic heterocycles. The van der Waals surface area contributed by atoms with Crippen LogP contribution in [0.15, 0.2) is 35.5 Å². The van der Waals surface area contributed by atoms with Crippen LogP contribution >= 0.6 is 11.8 Å². The molecule has 1 unspecified atom stereocenters. The monoisotopic (exact) mass is 374 g/mol. The zero-order valence-electron chi connectivity index (χ0n) is 15.9. The molecule has 0 aliphatic heterocycles. The fraction of sp³-hybridized carbons (Fsp3) is 0.421. The average Bonchev–Trinajstić information content (AvgIpc) is 2.59. The molecule has 0 fully saturated rings. The fourth-order valence-electron chi connectivity index (χ4n) is 2.57. The topological polar surface area (TPSA) is 67.3 Å². The lowest BCUT2D eigenvalue weighted by Gasteiger charge is -2.25. The standard InChI is InChI=1S/C19H26N4O2S/c1-13-10-14(2)22-19(21-13)26-12-18(24)20-11-17(23(3)4)15-6-8-16(25-5)9-7-15/h6-10,17H,11-12H2,1-5H3,(H,20,24). The van der Waals surface area contributed by atoms with Gasteiger partial charge in [0.15, 0.2) is 5.16 Å². The van der Waals surface area contributed by atoms with Crippen LogP contribution in [0.2, 0.25) is 0 Å². The maximum absolute atomic E-state index is 12.2. The molecule has 1 atom stereocenters. The molecule has 0 radical (unpaired) electrons. The van der Waals surface area contributed by atoms with Gasteiger partial charge in [-0.2, -0.15) is 0 Å². The lowest BCUT2D eigenvalue weighted by Crippen LogP contribution is -2.35. The highest BCUT2D eigenvalue weighted by Gasteiger charge is 2.16. The Morgan fingerprint density at radius 3 is 2.35 bits per heavy atom. The first-order valence-corrected chi connectivity index (χ1v) is 9.39. The molecule has 1 N–H and O–H groups in total. The molecule has 0 saturated heterocycles. The van der Waals surface area contributed by atoms with Crippen LogP contribution in [0.1, 0.15) is 23.0 Å². The number of amides is 1. The van der Waals surface area contributed by atoms with Gasteiger partial charge < -0.3 is 15.0 Å². The Balaban J connectivity index is 1.90. The number of thioether (sulfide) groups is 1. The summed E-state index contributed by atoms with van der Waals surface area (Å²) in [5.74, 6) is 1.09. The maximum atomic E-state index is 12.2. The highest BCUT2D eigenvalue weighted by Crippen LogP contribution is 2.21. The third kappa shape index (κ3) is 6.00. The highest BCUT2D eigenvalue weighted by molar-refractivity contribution is 7.99. The third-order valence-corrected chi connectivity index (χ3v) is 4.76. The van der Waals surface area contributed by atoms with E-state index in [2.05, 4.69) is 20.2 Å². The normalized spacial score (nSPS) is 12.1. The van der Waals surface area contributed by atoms with Gasteiger partial charge in [-0.15, -0.1) is 0 Å². The molecule has 1 aromatic carbocycles. The summed E-state index contributed by atoms with van der Waals surface area (Å²) in [4.78, 5) is 23.0. The van der Waals surface area contributed by atoms with Crippen LogP contribution in [0, 0.1) is 13.8 Å². The number of ether oxygens (including phenoxy) is 1. The number of hydrogen-bond donors (Lipinski definition) is 1. The molecule has 26 heavy (non-hydrogen) atoms. The van der Waals surface area contributed by atoms with Crippen molar-refractivity contribution in [2.24, 2.45) is 0 Å². The summed E-state index contributed by atoms with van der Waals surface area (Å²) in [6.07, 6.45) is 0. The number of rotatable bonds is 8. The Hall–Kier alpha value is -2.12. The number of carbonyl (C=O) groups excluding carboxylic acids is 1. The van der Waals surface area contributed by atoms with Gasteiger partial charge in [0.05, 0.1) is 18.9 Å². The third-order valence-electron chi connectivity index (χ3n) is 3.91. The summed E-state index contributed by atoms with van der Waals surface area (Å²) in [5, 5.41) is 3.64. The molecular weight excluding hydrogens is 348 g/mol. The van der Waals surface area contributed by atoms with E-state index < -0.39 is 0 Å². The molecule has 6 nitrogen and oxygen atoms in total. The number of likely N-dealkylation sites (N-methyl/N-ethyl adjacent to an activating group) is 1. The Morgan fingerprint density at radius 1 is 1.19 bits per heavy atom. The quantitative estimate of drug-likeness (QED) is 0.566. The van der Waals surface area contributed by atoms with E-state index in [0.717, 1.165) is 22.7 Å². The molecule has 7 heteroatoms. The molecule has 0 spiro atoms. The van der Waals surface area contributed by atoms with E-state index in [4.69, 9.17) is 4.74 Å². The number of methoxy groups -OCH3 is 1. The van der Waals surface area contributed by atoms with Crippen LogP contribution < -0.4 is 10.1 Å². The van der Waals surface area contributed by atoms with Gasteiger partial charge in [0.25, 0.3) is 0 Å². The van der Waals surface area contributed by atoms with Gasteiger partial charge in [-0.25, -0.2) is 9.97 Å². The van der Waals surface area contributed by atoms with Crippen molar-refractivity contribution in [2.75, 3.05) is 33.5 Å². The van der Waals surface area contributed by atoms with Gasteiger partial charge in [0.1, 0.15) is 5.75 Å². The SMILES string of the molecule is COc1ccc(C(CNC(=O)CSc2nc(C)cc(C)n2)N(C)C)cc1. The Bertz CT molecular complexity index is 715. The number of carbonyl (C=O) groups is 1. The lowest BCUT2D eigenvalue weighted by atomic mass is 10.1. The number of nitrogens with zero attached hydrogens (tertiary/aromatic N) is 3. The van der Waals surface area contributed by atoms with E-state index in [1.807, 2.05) is 58.3 Å². The zero-order chi connectivity index (χ0) is 19.1.